The van der Waals surface area contributed by atoms with Crippen molar-refractivity contribution >= 4 is 10.2 Å². The normalized spacial score (nSPS) is 27.0. The van der Waals surface area contributed by atoms with Crippen molar-refractivity contribution in [2.75, 3.05) is 20.6 Å². The first kappa shape index (κ1) is 15.0. The van der Waals surface area contributed by atoms with Gasteiger partial charge in [-0.15, -0.1) is 0 Å². The number of benzene rings is 1. The lowest BCUT2D eigenvalue weighted by Crippen LogP contribution is -2.45. The molecule has 1 aliphatic carbocycles. The molecule has 1 fully saturated rings. The number of rotatable bonds is 3. The molecule has 0 radical (unpaired) electrons. The first-order valence-electron chi connectivity index (χ1n) is 7.79. The number of aryl methyl sites for hydroxylation is 1. The second-order valence-electron chi connectivity index (χ2n) is 6.31. The van der Waals surface area contributed by atoms with E-state index in [-0.39, 0.29) is 6.04 Å². The molecule has 4 nitrogen and oxygen atoms in total. The molecule has 0 aromatic heterocycles. The molecular weight excluding hydrogens is 284 g/mol. The molecule has 2 atom stereocenters. The Labute approximate surface area is 127 Å². The van der Waals surface area contributed by atoms with E-state index in [1.54, 1.807) is 18.4 Å². The van der Waals surface area contributed by atoms with E-state index in [2.05, 4.69) is 24.3 Å². The molecule has 3 rings (SSSR count). The quantitative estimate of drug-likeness (QED) is 0.860. The summed E-state index contributed by atoms with van der Waals surface area (Å²) < 4.78 is 28.2. The highest BCUT2D eigenvalue weighted by molar-refractivity contribution is 7.86. The number of nitrogens with zero attached hydrogens (tertiary/aromatic N) is 2. The Hall–Kier alpha value is -0.910. The van der Waals surface area contributed by atoms with Crippen LogP contribution in [-0.4, -0.2) is 43.7 Å². The monoisotopic (exact) mass is 308 g/mol. The van der Waals surface area contributed by atoms with Crippen molar-refractivity contribution in [1.82, 2.24) is 8.61 Å². The zero-order valence-electron chi connectivity index (χ0n) is 12.8. The van der Waals surface area contributed by atoms with E-state index in [9.17, 15) is 8.42 Å². The zero-order valence-corrected chi connectivity index (χ0v) is 13.6. The summed E-state index contributed by atoms with van der Waals surface area (Å²) in [6.45, 7) is 0.657. The van der Waals surface area contributed by atoms with Crippen LogP contribution in [-0.2, 0) is 16.6 Å². The smallest absolute Gasteiger partial charge is 0.195 e. The first-order valence-corrected chi connectivity index (χ1v) is 9.18. The van der Waals surface area contributed by atoms with Crippen LogP contribution in [0.1, 0.15) is 42.7 Å². The zero-order chi connectivity index (χ0) is 15.0. The molecule has 1 aromatic carbocycles. The molecule has 1 saturated heterocycles. The number of hydrogen-bond acceptors (Lipinski definition) is 2. The van der Waals surface area contributed by atoms with E-state index in [0.29, 0.717) is 12.5 Å². The summed E-state index contributed by atoms with van der Waals surface area (Å²) >= 11 is 0. The molecule has 0 spiro atoms. The van der Waals surface area contributed by atoms with E-state index in [1.807, 2.05) is 0 Å². The molecule has 116 valence electrons. The number of hydrogen-bond donors (Lipinski definition) is 0. The molecule has 1 aliphatic heterocycles. The fourth-order valence-corrected chi connectivity index (χ4v) is 5.23. The Bertz CT molecular complexity index is 612. The van der Waals surface area contributed by atoms with E-state index in [4.69, 9.17) is 0 Å². The van der Waals surface area contributed by atoms with E-state index >= 15 is 0 Å². The maximum Gasteiger partial charge on any atom is 0.281 e. The summed E-state index contributed by atoms with van der Waals surface area (Å²) in [6.07, 6.45) is 5.33. The predicted octanol–water partition coefficient (Wildman–Crippen LogP) is 2.38. The van der Waals surface area contributed by atoms with Gasteiger partial charge in [0.2, 0.25) is 0 Å². The summed E-state index contributed by atoms with van der Waals surface area (Å²) in [5.74, 6) is 0.354. The van der Waals surface area contributed by atoms with E-state index < -0.39 is 10.2 Å². The second kappa shape index (κ2) is 5.71. The van der Waals surface area contributed by atoms with Gasteiger partial charge >= 0.3 is 0 Å². The van der Waals surface area contributed by atoms with E-state index in [0.717, 1.165) is 32.1 Å². The molecule has 0 bridgehead atoms. The van der Waals surface area contributed by atoms with Crippen molar-refractivity contribution in [1.29, 1.82) is 0 Å². The highest BCUT2D eigenvalue weighted by Crippen LogP contribution is 2.40. The molecule has 1 aromatic rings. The highest BCUT2D eigenvalue weighted by Gasteiger charge is 2.41. The maximum absolute atomic E-state index is 12.5. The fourth-order valence-electron chi connectivity index (χ4n) is 3.86. The van der Waals surface area contributed by atoms with Crippen LogP contribution < -0.4 is 0 Å². The van der Waals surface area contributed by atoms with Crippen molar-refractivity contribution in [3.05, 3.63) is 35.4 Å². The third-order valence-electron chi connectivity index (χ3n) is 4.89. The van der Waals surface area contributed by atoms with Gasteiger partial charge in [-0.3, -0.25) is 0 Å². The van der Waals surface area contributed by atoms with Gasteiger partial charge in [0.05, 0.1) is 0 Å². The van der Waals surface area contributed by atoms with Crippen LogP contribution in [0.15, 0.2) is 24.3 Å². The van der Waals surface area contributed by atoms with Gasteiger partial charge in [-0.25, -0.2) is 0 Å². The minimum absolute atomic E-state index is 0.124. The molecule has 21 heavy (non-hydrogen) atoms. The molecule has 5 heteroatoms. The minimum atomic E-state index is -3.31. The lowest BCUT2D eigenvalue weighted by molar-refractivity contribution is 0.301. The van der Waals surface area contributed by atoms with Crippen molar-refractivity contribution in [3.8, 4) is 0 Å². The predicted molar refractivity (Wildman–Crippen MR) is 84.5 cm³/mol. The average molecular weight is 308 g/mol. The summed E-state index contributed by atoms with van der Waals surface area (Å²) in [5.41, 5.74) is 2.78. The Morgan fingerprint density at radius 2 is 1.90 bits per heavy atom. The summed E-state index contributed by atoms with van der Waals surface area (Å²) in [6, 6.07) is 8.68. The fraction of sp³-hybridized carbons (Fsp3) is 0.625. The molecule has 0 amide bonds. The van der Waals surface area contributed by atoms with Crippen molar-refractivity contribution in [2.45, 2.75) is 44.1 Å². The summed E-state index contributed by atoms with van der Waals surface area (Å²) in [7, 11) is -0.0619. The molecular formula is C16H24N2O2S. The second-order valence-corrected chi connectivity index (χ2v) is 8.40. The van der Waals surface area contributed by atoms with Crippen LogP contribution >= 0.6 is 0 Å². The van der Waals surface area contributed by atoms with Crippen molar-refractivity contribution < 1.29 is 8.42 Å². The van der Waals surface area contributed by atoms with Gasteiger partial charge < -0.3 is 0 Å². The van der Waals surface area contributed by atoms with Crippen LogP contribution in [0.2, 0.25) is 0 Å². The van der Waals surface area contributed by atoms with E-state index in [1.165, 1.54) is 15.4 Å². The van der Waals surface area contributed by atoms with Crippen LogP contribution in [0.4, 0.5) is 0 Å². The van der Waals surface area contributed by atoms with Crippen LogP contribution in [0, 0.1) is 0 Å². The number of fused-ring (bicyclic) bond motifs is 1. The maximum atomic E-state index is 12.5. The van der Waals surface area contributed by atoms with Gasteiger partial charge in [-0.2, -0.15) is 17.0 Å². The van der Waals surface area contributed by atoms with Crippen LogP contribution in [0.3, 0.4) is 0 Å². The van der Waals surface area contributed by atoms with Crippen molar-refractivity contribution in [2.24, 2.45) is 0 Å². The Morgan fingerprint density at radius 1 is 1.14 bits per heavy atom. The van der Waals surface area contributed by atoms with Gasteiger partial charge in [-0.05, 0) is 43.2 Å². The van der Waals surface area contributed by atoms with Crippen molar-refractivity contribution in [3.63, 3.8) is 0 Å². The molecule has 0 N–H and O–H groups in total. The Kier molecular flexibility index (Phi) is 4.08. The first-order chi connectivity index (χ1) is 10.0. The third kappa shape index (κ3) is 2.62. The SMILES string of the molecule is CN(C)S(=O)(=O)N1CCC[C@H]1[C@@H]1CCCc2ccccc21. The molecule has 0 unspecified atom stereocenters. The van der Waals surface area contributed by atoms with Crippen LogP contribution in [0.25, 0.3) is 0 Å². The van der Waals surface area contributed by atoms with Gasteiger partial charge in [0.25, 0.3) is 10.2 Å². The lowest BCUT2D eigenvalue weighted by Gasteiger charge is -2.35. The van der Waals surface area contributed by atoms with Gasteiger partial charge in [0.15, 0.2) is 0 Å². The van der Waals surface area contributed by atoms with Gasteiger partial charge in [0.1, 0.15) is 0 Å². The van der Waals surface area contributed by atoms with Gasteiger partial charge in [0, 0.05) is 32.6 Å². The highest BCUT2D eigenvalue weighted by atomic mass is 32.2. The Morgan fingerprint density at radius 3 is 2.67 bits per heavy atom. The minimum Gasteiger partial charge on any atom is -0.195 e. The average Bonchev–Trinajstić information content (AvgIpc) is 2.96. The molecule has 1 heterocycles. The van der Waals surface area contributed by atoms with Crippen LogP contribution in [0.5, 0.6) is 0 Å². The largest absolute Gasteiger partial charge is 0.281 e. The third-order valence-corrected chi connectivity index (χ3v) is 6.86. The molecule has 0 saturated carbocycles. The Balaban J connectivity index is 1.94. The lowest BCUT2D eigenvalue weighted by atomic mass is 9.78. The summed E-state index contributed by atoms with van der Waals surface area (Å²) in [5, 5.41) is 0. The summed E-state index contributed by atoms with van der Waals surface area (Å²) in [4.78, 5) is 0. The van der Waals surface area contributed by atoms with Gasteiger partial charge in [-0.1, -0.05) is 24.3 Å². The standard InChI is InChI=1S/C16H24N2O2S/c1-17(2)21(19,20)18-12-6-11-16(18)15-10-5-8-13-7-3-4-9-14(13)15/h3-4,7,9,15-16H,5-6,8,10-12H2,1-2H3/t15-,16+/m1/s1. The topological polar surface area (TPSA) is 40.6 Å². The molecule has 2 aliphatic rings.